The minimum atomic E-state index is -2.79. The molecule has 196 valence electrons. The number of fused-ring (bicyclic) bond motifs is 1. The van der Waals surface area contributed by atoms with Crippen LogP contribution in [0.15, 0.2) is 24.3 Å². The van der Waals surface area contributed by atoms with Gasteiger partial charge in [-0.15, -0.1) is 0 Å². The summed E-state index contributed by atoms with van der Waals surface area (Å²) in [5.74, 6) is 0.921. The fourth-order valence-electron chi connectivity index (χ4n) is 5.43. The summed E-state index contributed by atoms with van der Waals surface area (Å²) in [4.78, 5) is 35.1. The number of hydrogen-bond acceptors (Lipinski definition) is 8. The predicted molar refractivity (Wildman–Crippen MR) is 132 cm³/mol. The van der Waals surface area contributed by atoms with Gasteiger partial charge in [-0.3, -0.25) is 9.36 Å². The number of imidazole rings is 1. The molecule has 0 spiro atoms. The number of morpholine rings is 1. The summed E-state index contributed by atoms with van der Waals surface area (Å²) in [7, 11) is 0. The zero-order valence-corrected chi connectivity index (χ0v) is 20.5. The van der Waals surface area contributed by atoms with Crippen molar-refractivity contribution in [2.45, 2.75) is 44.1 Å². The normalized spacial score (nSPS) is 21.3. The van der Waals surface area contributed by atoms with Crippen LogP contribution in [0.2, 0.25) is 0 Å². The van der Waals surface area contributed by atoms with E-state index in [2.05, 4.69) is 15.3 Å². The van der Waals surface area contributed by atoms with Gasteiger partial charge in [0.05, 0.1) is 30.3 Å². The molecular weight excluding hydrogens is 482 g/mol. The summed E-state index contributed by atoms with van der Waals surface area (Å²) in [5, 5.41) is 3.28. The van der Waals surface area contributed by atoms with Gasteiger partial charge < -0.3 is 19.9 Å². The number of amides is 1. The summed E-state index contributed by atoms with van der Waals surface area (Å²) in [5.41, 5.74) is 0.979. The number of rotatable bonds is 5. The van der Waals surface area contributed by atoms with Gasteiger partial charge in [0.15, 0.2) is 5.82 Å². The lowest BCUT2D eigenvalue weighted by atomic mass is 9.95. The van der Waals surface area contributed by atoms with Crippen LogP contribution in [0, 0.1) is 0 Å². The molecular formula is C25H30F2N8O2. The van der Waals surface area contributed by atoms with Crippen LogP contribution in [0.5, 0.6) is 0 Å². The molecule has 3 aliphatic rings. The van der Waals surface area contributed by atoms with Crippen LogP contribution in [0.25, 0.3) is 17.0 Å². The molecule has 1 atom stereocenters. The smallest absolute Gasteiger partial charge is 0.296 e. The summed E-state index contributed by atoms with van der Waals surface area (Å²) in [6.07, 6.45) is 0.518. The number of likely N-dealkylation sites (tertiary alicyclic amines) is 1. The average molecular weight is 513 g/mol. The Morgan fingerprint density at radius 3 is 2.46 bits per heavy atom. The van der Waals surface area contributed by atoms with E-state index in [0.29, 0.717) is 75.0 Å². The summed E-state index contributed by atoms with van der Waals surface area (Å²) < 4.78 is 35.0. The van der Waals surface area contributed by atoms with Crippen LogP contribution in [0.1, 0.15) is 49.7 Å². The van der Waals surface area contributed by atoms with Crippen LogP contribution in [-0.2, 0) is 9.53 Å². The lowest BCUT2D eigenvalue weighted by Gasteiger charge is -2.33. The number of para-hydroxylation sites is 2. The van der Waals surface area contributed by atoms with Gasteiger partial charge in [-0.1, -0.05) is 12.1 Å². The van der Waals surface area contributed by atoms with Crippen molar-refractivity contribution in [2.24, 2.45) is 0 Å². The maximum absolute atomic E-state index is 14.1. The summed E-state index contributed by atoms with van der Waals surface area (Å²) in [6, 6.07) is 6.91. The lowest BCUT2D eigenvalue weighted by molar-refractivity contribution is -0.134. The van der Waals surface area contributed by atoms with E-state index in [1.807, 2.05) is 9.80 Å². The topological polar surface area (TPSA) is 101 Å². The largest absolute Gasteiger partial charge is 0.378 e. The molecule has 10 nitrogen and oxygen atoms in total. The van der Waals surface area contributed by atoms with Gasteiger partial charge in [0.2, 0.25) is 17.8 Å². The molecule has 3 fully saturated rings. The fourth-order valence-corrected chi connectivity index (χ4v) is 5.43. The SMILES string of the molecule is O=C([C@@H]1CCCN1)N1CCC(c2nc(N3CCOCC3)nc(-n3c(C(F)F)nc4ccccc43)n2)CC1. The third-order valence-corrected chi connectivity index (χ3v) is 7.44. The van der Waals surface area contributed by atoms with Gasteiger partial charge in [-0.2, -0.15) is 15.0 Å². The van der Waals surface area contributed by atoms with Gasteiger partial charge in [0, 0.05) is 32.1 Å². The second-order valence-electron chi connectivity index (χ2n) is 9.74. The van der Waals surface area contributed by atoms with E-state index in [9.17, 15) is 13.6 Å². The zero-order valence-electron chi connectivity index (χ0n) is 20.5. The molecule has 0 unspecified atom stereocenters. The van der Waals surface area contributed by atoms with Crippen LogP contribution in [-0.4, -0.2) is 87.3 Å². The van der Waals surface area contributed by atoms with Crippen molar-refractivity contribution in [3.63, 3.8) is 0 Å². The van der Waals surface area contributed by atoms with Crippen LogP contribution < -0.4 is 10.2 Å². The van der Waals surface area contributed by atoms with Crippen LogP contribution in [0.3, 0.4) is 0 Å². The number of piperidine rings is 1. The molecule has 12 heteroatoms. The van der Waals surface area contributed by atoms with Crippen molar-refractivity contribution in [1.29, 1.82) is 0 Å². The highest BCUT2D eigenvalue weighted by Crippen LogP contribution is 2.31. The van der Waals surface area contributed by atoms with Gasteiger partial charge in [-0.05, 0) is 44.4 Å². The average Bonchev–Trinajstić information content (AvgIpc) is 3.62. The van der Waals surface area contributed by atoms with Crippen molar-refractivity contribution < 1.29 is 18.3 Å². The number of aromatic nitrogens is 5. The standard InChI is InChI=1S/C25H30F2N8O2/c26-20(27)22-29-17-4-1-2-6-19(17)35(22)25-31-21(30-24(32-25)34-12-14-37-15-13-34)16-7-10-33(11-8-16)23(36)18-5-3-9-28-18/h1-2,4,6,16,18,20,28H,3,5,7-15H2/t18-/m0/s1. The Labute approximate surface area is 213 Å². The Morgan fingerprint density at radius 1 is 0.973 bits per heavy atom. The van der Waals surface area contributed by atoms with E-state index in [0.717, 1.165) is 19.4 Å². The zero-order chi connectivity index (χ0) is 25.4. The number of ether oxygens (including phenoxy) is 1. The fraction of sp³-hybridized carbons (Fsp3) is 0.560. The van der Waals surface area contributed by atoms with E-state index < -0.39 is 12.2 Å². The highest BCUT2D eigenvalue weighted by molar-refractivity contribution is 5.82. The Balaban J connectivity index is 1.35. The summed E-state index contributed by atoms with van der Waals surface area (Å²) in [6.45, 7) is 4.42. The van der Waals surface area contributed by atoms with Crippen molar-refractivity contribution in [3.8, 4) is 5.95 Å². The lowest BCUT2D eigenvalue weighted by Crippen LogP contribution is -2.46. The Kier molecular flexibility index (Phi) is 6.68. The molecule has 1 aromatic carbocycles. The predicted octanol–water partition coefficient (Wildman–Crippen LogP) is 2.44. The highest BCUT2D eigenvalue weighted by Gasteiger charge is 2.32. The molecule has 1 amide bonds. The van der Waals surface area contributed by atoms with Crippen molar-refractivity contribution in [3.05, 3.63) is 35.9 Å². The first-order chi connectivity index (χ1) is 18.1. The van der Waals surface area contributed by atoms with Crippen molar-refractivity contribution >= 4 is 22.9 Å². The highest BCUT2D eigenvalue weighted by atomic mass is 19.3. The van der Waals surface area contributed by atoms with E-state index in [1.165, 1.54) is 4.57 Å². The number of nitrogens with zero attached hydrogens (tertiary/aromatic N) is 7. The number of benzene rings is 1. The Bertz CT molecular complexity index is 1260. The first-order valence-corrected chi connectivity index (χ1v) is 13.0. The maximum atomic E-state index is 14.1. The Hall–Kier alpha value is -3.25. The molecule has 3 aromatic rings. The second kappa shape index (κ2) is 10.3. The van der Waals surface area contributed by atoms with Gasteiger partial charge in [0.1, 0.15) is 5.82 Å². The van der Waals surface area contributed by atoms with E-state index in [-0.39, 0.29) is 23.8 Å². The molecule has 3 aliphatic heterocycles. The molecule has 6 rings (SSSR count). The number of alkyl halides is 2. The monoisotopic (exact) mass is 512 g/mol. The minimum Gasteiger partial charge on any atom is -0.378 e. The van der Waals surface area contributed by atoms with Crippen LogP contribution in [0.4, 0.5) is 14.7 Å². The van der Waals surface area contributed by atoms with Gasteiger partial charge >= 0.3 is 0 Å². The molecule has 0 saturated carbocycles. The van der Waals surface area contributed by atoms with Gasteiger partial charge in [-0.25, -0.2) is 13.8 Å². The number of anilines is 1. The summed E-state index contributed by atoms with van der Waals surface area (Å²) >= 11 is 0. The van der Waals surface area contributed by atoms with E-state index >= 15 is 0 Å². The quantitative estimate of drug-likeness (QED) is 0.557. The maximum Gasteiger partial charge on any atom is 0.296 e. The first-order valence-electron chi connectivity index (χ1n) is 13.0. The molecule has 0 aliphatic carbocycles. The molecule has 0 bridgehead atoms. The third-order valence-electron chi connectivity index (χ3n) is 7.44. The van der Waals surface area contributed by atoms with Crippen molar-refractivity contribution in [1.82, 2.24) is 34.7 Å². The number of hydrogen-bond donors (Lipinski definition) is 1. The van der Waals surface area contributed by atoms with Crippen molar-refractivity contribution in [2.75, 3.05) is 50.8 Å². The Morgan fingerprint density at radius 2 is 1.73 bits per heavy atom. The van der Waals surface area contributed by atoms with E-state index in [1.54, 1.807) is 24.3 Å². The minimum absolute atomic E-state index is 0.00749. The van der Waals surface area contributed by atoms with Gasteiger partial charge in [0.25, 0.3) is 6.43 Å². The number of carbonyl (C=O) groups is 1. The molecule has 5 heterocycles. The molecule has 37 heavy (non-hydrogen) atoms. The van der Waals surface area contributed by atoms with E-state index in [4.69, 9.17) is 14.7 Å². The molecule has 3 saturated heterocycles. The first kappa shape index (κ1) is 24.1. The number of carbonyl (C=O) groups excluding carboxylic acids is 1. The second-order valence-corrected chi connectivity index (χ2v) is 9.74. The number of halogens is 2. The number of nitrogens with one attached hydrogen (secondary N) is 1. The molecule has 2 aromatic heterocycles. The molecule has 1 N–H and O–H groups in total. The third kappa shape index (κ3) is 4.75. The van der Waals surface area contributed by atoms with Crippen LogP contribution >= 0.6 is 0 Å². The molecule has 0 radical (unpaired) electrons.